The number of fused-ring (bicyclic) bond motifs is 1. The second-order valence-corrected chi connectivity index (χ2v) is 6.21. The van der Waals surface area contributed by atoms with E-state index in [-0.39, 0.29) is 0 Å². The molecule has 4 rings (SSSR count). The lowest BCUT2D eigenvalue weighted by Crippen LogP contribution is -2.41. The average molecular weight is 319 g/mol. The molecule has 24 heavy (non-hydrogen) atoms. The molecule has 5 nitrogen and oxygen atoms in total. The summed E-state index contributed by atoms with van der Waals surface area (Å²) in [4.78, 5) is 16.1. The van der Waals surface area contributed by atoms with Crippen molar-refractivity contribution in [2.24, 2.45) is 0 Å². The minimum Gasteiger partial charge on any atom is -0.341 e. The number of aromatic nitrogens is 3. The molecule has 5 heteroatoms. The lowest BCUT2D eigenvalue weighted by atomic mass is 10.1. The van der Waals surface area contributed by atoms with E-state index in [0.717, 1.165) is 54.0 Å². The number of para-hydroxylation sites is 1. The van der Waals surface area contributed by atoms with Gasteiger partial charge in [0.15, 0.2) is 0 Å². The first-order valence-electron chi connectivity index (χ1n) is 8.44. The number of piperidine rings is 1. The van der Waals surface area contributed by atoms with Gasteiger partial charge in [-0.15, -0.1) is 0 Å². The van der Waals surface area contributed by atoms with Crippen molar-refractivity contribution in [2.75, 3.05) is 25.0 Å². The van der Waals surface area contributed by atoms with E-state index >= 15 is 0 Å². The van der Waals surface area contributed by atoms with E-state index in [2.05, 4.69) is 32.3 Å². The van der Waals surface area contributed by atoms with Gasteiger partial charge in [-0.25, -0.2) is 9.97 Å². The molecule has 0 unspecified atom stereocenters. The van der Waals surface area contributed by atoms with E-state index in [1.165, 1.54) is 0 Å². The Balaban J connectivity index is 1.62. The smallest absolute Gasteiger partial charge is 0.225 e. The molecule has 3 heterocycles. The van der Waals surface area contributed by atoms with Gasteiger partial charge in [0.05, 0.1) is 11.2 Å². The molecule has 0 aliphatic carbocycles. The molecule has 0 atom stereocenters. The van der Waals surface area contributed by atoms with Gasteiger partial charge in [0, 0.05) is 42.5 Å². The maximum Gasteiger partial charge on any atom is 0.225 e. The van der Waals surface area contributed by atoms with Crippen LogP contribution in [-0.2, 0) is 0 Å². The SMILES string of the molecule is CNC1CCN(c2nccc(-c3cnc4ccccc4c3)n2)CC1. The maximum absolute atomic E-state index is 4.78. The summed E-state index contributed by atoms with van der Waals surface area (Å²) in [5, 5.41) is 4.48. The molecule has 0 spiro atoms. The van der Waals surface area contributed by atoms with Gasteiger partial charge < -0.3 is 10.2 Å². The van der Waals surface area contributed by atoms with E-state index in [1.807, 2.05) is 43.7 Å². The molecule has 1 aliphatic heterocycles. The van der Waals surface area contributed by atoms with Crippen molar-refractivity contribution >= 4 is 16.9 Å². The molecule has 1 N–H and O–H groups in total. The third kappa shape index (κ3) is 2.95. The Bertz CT molecular complexity index is 840. The maximum atomic E-state index is 4.78. The topological polar surface area (TPSA) is 53.9 Å². The number of pyridine rings is 1. The van der Waals surface area contributed by atoms with Gasteiger partial charge in [0.2, 0.25) is 5.95 Å². The summed E-state index contributed by atoms with van der Waals surface area (Å²) in [6, 6.07) is 12.8. The summed E-state index contributed by atoms with van der Waals surface area (Å²) >= 11 is 0. The molecule has 0 saturated carbocycles. The molecule has 3 aromatic rings. The fourth-order valence-electron chi connectivity index (χ4n) is 3.24. The molecule has 122 valence electrons. The van der Waals surface area contributed by atoms with Crippen molar-refractivity contribution < 1.29 is 0 Å². The van der Waals surface area contributed by atoms with Gasteiger partial charge in [0.25, 0.3) is 0 Å². The van der Waals surface area contributed by atoms with Crippen LogP contribution in [0.4, 0.5) is 5.95 Å². The summed E-state index contributed by atoms with van der Waals surface area (Å²) in [5.41, 5.74) is 2.96. The minimum absolute atomic E-state index is 0.606. The fraction of sp³-hybridized carbons (Fsp3) is 0.316. The van der Waals surface area contributed by atoms with E-state index in [1.54, 1.807) is 0 Å². The lowest BCUT2D eigenvalue weighted by molar-refractivity contribution is 0.439. The molecule has 0 bridgehead atoms. The van der Waals surface area contributed by atoms with Crippen LogP contribution in [-0.4, -0.2) is 41.1 Å². The van der Waals surface area contributed by atoms with Crippen LogP contribution in [0.25, 0.3) is 22.2 Å². The van der Waals surface area contributed by atoms with Crippen LogP contribution < -0.4 is 10.2 Å². The van der Waals surface area contributed by atoms with Crippen LogP contribution in [0.5, 0.6) is 0 Å². The van der Waals surface area contributed by atoms with Crippen molar-refractivity contribution in [2.45, 2.75) is 18.9 Å². The largest absolute Gasteiger partial charge is 0.341 e. The number of hydrogen-bond acceptors (Lipinski definition) is 5. The predicted octanol–water partition coefficient (Wildman–Crippen LogP) is 2.88. The zero-order chi connectivity index (χ0) is 16.4. The second-order valence-electron chi connectivity index (χ2n) is 6.21. The number of hydrogen-bond donors (Lipinski definition) is 1. The Hall–Kier alpha value is -2.53. The van der Waals surface area contributed by atoms with Crippen LogP contribution in [0, 0.1) is 0 Å². The average Bonchev–Trinajstić information content (AvgIpc) is 2.68. The van der Waals surface area contributed by atoms with Gasteiger partial charge in [0.1, 0.15) is 0 Å². The first-order valence-corrected chi connectivity index (χ1v) is 8.44. The molecular weight excluding hydrogens is 298 g/mol. The van der Waals surface area contributed by atoms with Crippen molar-refractivity contribution in [3.63, 3.8) is 0 Å². The molecule has 1 aromatic carbocycles. The Morgan fingerprint density at radius 2 is 1.92 bits per heavy atom. The van der Waals surface area contributed by atoms with Gasteiger partial charge in [-0.3, -0.25) is 4.98 Å². The predicted molar refractivity (Wildman–Crippen MR) is 97.1 cm³/mol. The summed E-state index contributed by atoms with van der Waals surface area (Å²) in [6.45, 7) is 1.98. The van der Waals surface area contributed by atoms with Crippen molar-refractivity contribution in [3.8, 4) is 11.3 Å². The van der Waals surface area contributed by atoms with E-state index in [4.69, 9.17) is 4.98 Å². The fourth-order valence-corrected chi connectivity index (χ4v) is 3.24. The first-order chi connectivity index (χ1) is 11.8. The molecular formula is C19H21N5. The summed E-state index contributed by atoms with van der Waals surface area (Å²) in [7, 11) is 2.03. The number of nitrogens with one attached hydrogen (secondary N) is 1. The van der Waals surface area contributed by atoms with Gasteiger partial charge in [-0.2, -0.15) is 0 Å². The third-order valence-corrected chi connectivity index (χ3v) is 4.72. The Kier molecular flexibility index (Phi) is 4.09. The zero-order valence-electron chi connectivity index (χ0n) is 13.8. The number of anilines is 1. The van der Waals surface area contributed by atoms with Gasteiger partial charge >= 0.3 is 0 Å². The monoisotopic (exact) mass is 319 g/mol. The Labute approximate surface area is 141 Å². The highest BCUT2D eigenvalue weighted by atomic mass is 15.3. The summed E-state index contributed by atoms with van der Waals surface area (Å²) in [6.07, 6.45) is 5.99. The molecule has 1 aliphatic rings. The van der Waals surface area contributed by atoms with Crippen molar-refractivity contribution in [1.29, 1.82) is 0 Å². The summed E-state index contributed by atoms with van der Waals surface area (Å²) in [5.74, 6) is 0.815. The third-order valence-electron chi connectivity index (χ3n) is 4.72. The highest BCUT2D eigenvalue weighted by molar-refractivity contribution is 5.82. The normalized spacial score (nSPS) is 15.8. The number of benzene rings is 1. The van der Waals surface area contributed by atoms with Crippen LogP contribution in [0.3, 0.4) is 0 Å². The quantitative estimate of drug-likeness (QED) is 0.804. The Morgan fingerprint density at radius 3 is 2.75 bits per heavy atom. The van der Waals surface area contributed by atoms with E-state index in [9.17, 15) is 0 Å². The van der Waals surface area contributed by atoms with Crippen molar-refractivity contribution in [1.82, 2.24) is 20.3 Å². The minimum atomic E-state index is 0.606. The van der Waals surface area contributed by atoms with Gasteiger partial charge in [-0.05, 0) is 38.1 Å². The molecule has 0 radical (unpaired) electrons. The molecule has 2 aromatic heterocycles. The highest BCUT2D eigenvalue weighted by Crippen LogP contribution is 2.23. The Morgan fingerprint density at radius 1 is 1.08 bits per heavy atom. The molecule has 0 amide bonds. The van der Waals surface area contributed by atoms with Crippen LogP contribution in [0.15, 0.2) is 48.8 Å². The standard InChI is InChI=1S/C19H21N5/c1-20-16-7-10-24(11-8-16)19-21-9-6-18(23-19)15-12-14-4-2-3-5-17(14)22-13-15/h2-6,9,12-13,16,20H,7-8,10-11H2,1H3. The van der Waals surface area contributed by atoms with Crippen LogP contribution >= 0.6 is 0 Å². The summed E-state index contributed by atoms with van der Waals surface area (Å²) < 4.78 is 0. The highest BCUT2D eigenvalue weighted by Gasteiger charge is 2.20. The second kappa shape index (κ2) is 6.53. The first kappa shape index (κ1) is 15.0. The molecule has 1 fully saturated rings. The van der Waals surface area contributed by atoms with Crippen molar-refractivity contribution in [3.05, 3.63) is 48.8 Å². The van der Waals surface area contributed by atoms with Gasteiger partial charge in [-0.1, -0.05) is 18.2 Å². The van der Waals surface area contributed by atoms with Crippen LogP contribution in [0.1, 0.15) is 12.8 Å². The zero-order valence-corrected chi connectivity index (χ0v) is 13.8. The number of nitrogens with zero attached hydrogens (tertiary/aromatic N) is 4. The van der Waals surface area contributed by atoms with E-state index in [0.29, 0.717) is 6.04 Å². The molecule has 1 saturated heterocycles. The number of rotatable bonds is 3. The van der Waals surface area contributed by atoms with Crippen LogP contribution in [0.2, 0.25) is 0 Å². The lowest BCUT2D eigenvalue weighted by Gasteiger charge is -2.31. The van der Waals surface area contributed by atoms with E-state index < -0.39 is 0 Å².